The molecule has 2 aromatic heterocycles. The largest absolute Gasteiger partial charge is 0.444 e. The van der Waals surface area contributed by atoms with Crippen LogP contribution in [0.2, 0.25) is 0 Å². The number of allylic oxidation sites excluding steroid dienone is 1. The molecule has 10 heteroatoms. The Bertz CT molecular complexity index is 1690. The van der Waals surface area contributed by atoms with Crippen molar-refractivity contribution in [3.63, 3.8) is 0 Å². The Hall–Kier alpha value is -4.60. The highest BCUT2D eigenvalue weighted by molar-refractivity contribution is 5.77. The molecule has 6 rings (SSSR count). The highest BCUT2D eigenvalue weighted by Crippen LogP contribution is 2.42. The van der Waals surface area contributed by atoms with Crippen LogP contribution in [0.4, 0.5) is 22.1 Å². The van der Waals surface area contributed by atoms with Crippen LogP contribution in [0.3, 0.4) is 0 Å². The summed E-state index contributed by atoms with van der Waals surface area (Å²) in [5.74, 6) is 0.420. The van der Waals surface area contributed by atoms with Crippen molar-refractivity contribution in [1.82, 2.24) is 24.2 Å². The van der Waals surface area contributed by atoms with Crippen LogP contribution in [0.5, 0.6) is 0 Å². The normalized spacial score (nSPS) is 16.7. The van der Waals surface area contributed by atoms with Crippen LogP contribution in [0, 0.1) is 5.41 Å². The summed E-state index contributed by atoms with van der Waals surface area (Å²) in [5, 5.41) is 3.77. The third kappa shape index (κ3) is 6.06. The van der Waals surface area contributed by atoms with Gasteiger partial charge < -0.3 is 19.9 Å². The Morgan fingerprint density at radius 1 is 0.977 bits per heavy atom. The molecule has 0 aliphatic carbocycles. The first kappa shape index (κ1) is 29.5. The maximum Gasteiger partial charge on any atom is 0.410 e. The fourth-order valence-corrected chi connectivity index (χ4v) is 6.32. The van der Waals surface area contributed by atoms with Gasteiger partial charge in [0.15, 0.2) is 5.65 Å². The number of anilines is 3. The number of hydrogen-bond donors (Lipinski definition) is 1. The van der Waals surface area contributed by atoms with Crippen LogP contribution in [0.1, 0.15) is 46.5 Å². The van der Waals surface area contributed by atoms with Gasteiger partial charge in [-0.2, -0.15) is 4.98 Å². The number of ether oxygens (including phenoxy) is 1. The van der Waals surface area contributed by atoms with E-state index < -0.39 is 5.60 Å². The van der Waals surface area contributed by atoms with E-state index in [-0.39, 0.29) is 11.7 Å². The second kappa shape index (κ2) is 11.8. The quantitative estimate of drug-likeness (QED) is 0.268. The predicted molar refractivity (Wildman–Crippen MR) is 174 cm³/mol. The lowest BCUT2D eigenvalue weighted by Crippen LogP contribution is -2.49. The first-order valence-electron chi connectivity index (χ1n) is 15.4. The Morgan fingerprint density at radius 2 is 1.64 bits per heavy atom. The summed E-state index contributed by atoms with van der Waals surface area (Å²) in [6.45, 7) is 13.4. The molecule has 0 atom stereocenters. The number of benzene rings is 2. The molecule has 1 amide bonds. The molecule has 2 saturated heterocycles. The van der Waals surface area contributed by atoms with Gasteiger partial charge >= 0.3 is 6.09 Å². The molecule has 44 heavy (non-hydrogen) atoms. The van der Waals surface area contributed by atoms with Gasteiger partial charge in [0, 0.05) is 43.8 Å². The van der Waals surface area contributed by atoms with Gasteiger partial charge in [0.25, 0.3) is 5.56 Å². The molecule has 1 spiro atoms. The van der Waals surface area contributed by atoms with Crippen molar-refractivity contribution in [3.05, 3.63) is 83.8 Å². The molecular weight excluding hydrogens is 554 g/mol. The number of piperidine rings is 2. The summed E-state index contributed by atoms with van der Waals surface area (Å²) >= 11 is 0. The second-order valence-corrected chi connectivity index (χ2v) is 12.9. The Kier molecular flexibility index (Phi) is 7.92. The molecule has 0 bridgehead atoms. The zero-order valence-electron chi connectivity index (χ0n) is 25.8. The smallest absolute Gasteiger partial charge is 0.410 e. The molecule has 4 aromatic rings. The molecule has 2 fully saturated rings. The number of amides is 1. The van der Waals surface area contributed by atoms with Crippen LogP contribution < -0.4 is 15.8 Å². The van der Waals surface area contributed by atoms with Crippen molar-refractivity contribution >= 4 is 34.4 Å². The van der Waals surface area contributed by atoms with Gasteiger partial charge in [0.1, 0.15) is 11.0 Å². The van der Waals surface area contributed by atoms with Gasteiger partial charge in [-0.15, -0.1) is 6.58 Å². The van der Waals surface area contributed by atoms with E-state index in [1.54, 1.807) is 17.0 Å². The van der Waals surface area contributed by atoms with E-state index in [1.165, 1.54) is 5.69 Å². The summed E-state index contributed by atoms with van der Waals surface area (Å²) in [6.07, 6.45) is 7.40. The van der Waals surface area contributed by atoms with Crippen LogP contribution in [-0.4, -0.2) is 62.1 Å². The number of carbonyl (C=O) groups is 1. The fraction of sp³-hybridized carbons (Fsp3) is 0.412. The maximum atomic E-state index is 13.1. The van der Waals surface area contributed by atoms with Crippen LogP contribution in [0.25, 0.3) is 16.7 Å². The highest BCUT2D eigenvalue weighted by atomic mass is 16.6. The molecule has 2 aliphatic heterocycles. The van der Waals surface area contributed by atoms with Crippen molar-refractivity contribution < 1.29 is 9.53 Å². The van der Waals surface area contributed by atoms with Crippen molar-refractivity contribution in [2.24, 2.45) is 5.41 Å². The van der Waals surface area contributed by atoms with Crippen LogP contribution >= 0.6 is 0 Å². The van der Waals surface area contributed by atoms with E-state index in [1.807, 2.05) is 72.8 Å². The SMILES string of the molecule is C=CCn1c(=O)c2cnc(Nc3ccc(N4CCC5(CCN(C(=O)OC(C)(C)C)CC5)CC4)cc3)nc2n1-c1ccccc1. The van der Waals surface area contributed by atoms with Gasteiger partial charge in [-0.05, 0) is 88.3 Å². The first-order chi connectivity index (χ1) is 21.1. The molecule has 0 unspecified atom stereocenters. The Morgan fingerprint density at radius 3 is 2.27 bits per heavy atom. The lowest BCUT2D eigenvalue weighted by molar-refractivity contribution is 0.00666. The standard InChI is InChI=1S/C34H41N7O3/c1-5-19-40-30(42)28-24-35-31(37-29(28)41(40)27-9-7-6-8-10-27)36-25-11-13-26(14-12-25)38-20-15-34(16-21-38)17-22-39(23-18-34)32(43)44-33(2,3)4/h5-14,24H,1,15-23H2,2-4H3,(H,35,36,37). The number of nitrogens with zero attached hydrogens (tertiary/aromatic N) is 6. The lowest BCUT2D eigenvalue weighted by atomic mass is 9.71. The van der Waals surface area contributed by atoms with Crippen molar-refractivity contribution in [2.45, 2.75) is 58.6 Å². The average Bonchev–Trinajstić information content (AvgIpc) is 3.28. The molecule has 0 saturated carbocycles. The van der Waals surface area contributed by atoms with E-state index in [4.69, 9.17) is 9.72 Å². The molecule has 10 nitrogen and oxygen atoms in total. The summed E-state index contributed by atoms with van der Waals surface area (Å²) in [5.41, 5.74) is 3.12. The molecule has 1 N–H and O–H groups in total. The minimum absolute atomic E-state index is 0.156. The number of fused-ring (bicyclic) bond motifs is 1. The number of likely N-dealkylation sites (tertiary alicyclic amines) is 1. The van der Waals surface area contributed by atoms with Crippen molar-refractivity contribution in [2.75, 3.05) is 36.4 Å². The van der Waals surface area contributed by atoms with E-state index in [2.05, 4.69) is 33.9 Å². The van der Waals surface area contributed by atoms with E-state index in [9.17, 15) is 9.59 Å². The zero-order chi connectivity index (χ0) is 30.9. The molecule has 230 valence electrons. The number of para-hydroxylation sites is 1. The van der Waals surface area contributed by atoms with Gasteiger partial charge in [-0.3, -0.25) is 4.79 Å². The van der Waals surface area contributed by atoms with Gasteiger partial charge in [0.05, 0.1) is 12.2 Å². The number of hydrogen-bond acceptors (Lipinski definition) is 7. The Balaban J connectivity index is 1.10. The number of rotatable bonds is 6. The summed E-state index contributed by atoms with van der Waals surface area (Å²) < 4.78 is 9.02. The number of carbonyl (C=O) groups excluding carboxylic acids is 1. The third-order valence-corrected chi connectivity index (χ3v) is 8.77. The van der Waals surface area contributed by atoms with E-state index >= 15 is 0 Å². The van der Waals surface area contributed by atoms with Crippen LogP contribution in [0.15, 0.2) is 78.2 Å². The monoisotopic (exact) mass is 595 g/mol. The van der Waals surface area contributed by atoms with E-state index in [0.29, 0.717) is 28.9 Å². The van der Waals surface area contributed by atoms with Crippen molar-refractivity contribution in [3.8, 4) is 5.69 Å². The summed E-state index contributed by atoms with van der Waals surface area (Å²) in [4.78, 5) is 39.1. The topological polar surface area (TPSA) is 97.5 Å². The first-order valence-corrected chi connectivity index (χ1v) is 15.4. The highest BCUT2D eigenvalue weighted by Gasteiger charge is 2.39. The maximum absolute atomic E-state index is 13.1. The number of aromatic nitrogens is 4. The summed E-state index contributed by atoms with van der Waals surface area (Å²) in [6, 6.07) is 18.0. The Labute approximate surface area is 257 Å². The summed E-state index contributed by atoms with van der Waals surface area (Å²) in [7, 11) is 0. The molecular formula is C34H41N7O3. The number of nitrogens with one attached hydrogen (secondary N) is 1. The molecule has 2 aliphatic rings. The zero-order valence-corrected chi connectivity index (χ0v) is 25.8. The second-order valence-electron chi connectivity index (χ2n) is 12.9. The molecule has 0 radical (unpaired) electrons. The molecule has 2 aromatic carbocycles. The predicted octanol–water partition coefficient (Wildman–Crippen LogP) is 6.13. The van der Waals surface area contributed by atoms with Gasteiger partial charge in [-0.25, -0.2) is 19.1 Å². The fourth-order valence-electron chi connectivity index (χ4n) is 6.32. The van der Waals surface area contributed by atoms with Crippen molar-refractivity contribution in [1.29, 1.82) is 0 Å². The molecule has 4 heterocycles. The van der Waals surface area contributed by atoms with Gasteiger partial charge in [0.2, 0.25) is 5.95 Å². The lowest BCUT2D eigenvalue weighted by Gasteiger charge is -2.47. The van der Waals surface area contributed by atoms with Crippen LogP contribution in [-0.2, 0) is 11.3 Å². The van der Waals surface area contributed by atoms with E-state index in [0.717, 1.165) is 63.2 Å². The van der Waals surface area contributed by atoms with Gasteiger partial charge in [-0.1, -0.05) is 24.3 Å². The minimum atomic E-state index is -0.464. The minimum Gasteiger partial charge on any atom is -0.444 e. The average molecular weight is 596 g/mol. The third-order valence-electron chi connectivity index (χ3n) is 8.77.